The Morgan fingerprint density at radius 3 is 2.11 bits per heavy atom. The molecule has 192 valence electrons. The Labute approximate surface area is 222 Å². The highest BCUT2D eigenvalue weighted by atomic mass is 16.5. The van der Waals surface area contributed by atoms with Crippen LogP contribution in [0.5, 0.6) is 5.75 Å². The van der Waals surface area contributed by atoms with Gasteiger partial charge in [-0.1, -0.05) is 56.2 Å². The zero-order valence-corrected chi connectivity index (χ0v) is 22.3. The van der Waals surface area contributed by atoms with Crippen molar-refractivity contribution in [1.82, 2.24) is 9.80 Å². The summed E-state index contributed by atoms with van der Waals surface area (Å²) in [5, 5.41) is 0. The van der Waals surface area contributed by atoms with Gasteiger partial charge in [0.05, 0.1) is 7.11 Å². The minimum absolute atomic E-state index is 0.0726. The normalized spacial score (nSPS) is 14.4. The van der Waals surface area contributed by atoms with Crippen LogP contribution in [0, 0.1) is 18.3 Å². The first-order chi connectivity index (χ1) is 18.0. The number of carbonyl (C=O) groups is 1. The van der Waals surface area contributed by atoms with Crippen LogP contribution < -0.4 is 4.74 Å². The predicted octanol–water partition coefficient (Wildman–Crippen LogP) is 6.50. The molecule has 1 saturated heterocycles. The van der Waals surface area contributed by atoms with Gasteiger partial charge in [-0.3, -0.25) is 4.79 Å². The maximum atomic E-state index is 13.7. The van der Waals surface area contributed by atoms with Gasteiger partial charge >= 0.3 is 0 Å². The smallest absolute Gasteiger partial charge is 0.254 e. The van der Waals surface area contributed by atoms with E-state index in [1.54, 1.807) is 7.11 Å². The molecule has 1 aliphatic heterocycles. The lowest BCUT2D eigenvalue weighted by Gasteiger charge is -2.39. The lowest BCUT2D eigenvalue weighted by molar-refractivity contribution is 0.0546. The van der Waals surface area contributed by atoms with Crippen LogP contribution in [0.1, 0.15) is 54.6 Å². The first-order valence-corrected chi connectivity index (χ1v) is 13.3. The first kappa shape index (κ1) is 26.5. The molecule has 0 spiro atoms. The summed E-state index contributed by atoms with van der Waals surface area (Å²) in [6.45, 7) is 8.35. The Kier molecular flexibility index (Phi) is 9.04. The minimum Gasteiger partial charge on any atom is -0.497 e. The van der Waals surface area contributed by atoms with Gasteiger partial charge in [0.1, 0.15) is 5.75 Å². The van der Waals surface area contributed by atoms with Crippen LogP contribution in [0.25, 0.3) is 11.1 Å². The lowest BCUT2D eigenvalue weighted by atomic mass is 9.99. The molecule has 0 radical (unpaired) electrons. The Balaban J connectivity index is 1.50. The van der Waals surface area contributed by atoms with Crippen molar-refractivity contribution in [2.75, 3.05) is 26.7 Å². The number of ether oxygens (including phenoxy) is 1. The van der Waals surface area contributed by atoms with Crippen LogP contribution in [0.3, 0.4) is 0 Å². The van der Waals surface area contributed by atoms with E-state index in [0.29, 0.717) is 18.0 Å². The van der Waals surface area contributed by atoms with Crippen molar-refractivity contribution in [3.8, 4) is 29.2 Å². The fourth-order valence-corrected chi connectivity index (χ4v) is 4.92. The highest BCUT2D eigenvalue weighted by molar-refractivity contribution is 5.94. The summed E-state index contributed by atoms with van der Waals surface area (Å²) in [5.41, 5.74) is 4.90. The molecule has 3 aromatic rings. The molecule has 0 atom stereocenters. The van der Waals surface area contributed by atoms with Gasteiger partial charge in [0, 0.05) is 36.8 Å². The van der Waals surface area contributed by atoms with Gasteiger partial charge < -0.3 is 14.5 Å². The monoisotopic (exact) mass is 494 g/mol. The van der Waals surface area contributed by atoms with Gasteiger partial charge in [-0.15, -0.1) is 6.42 Å². The number of hydrogen-bond donors (Lipinski definition) is 0. The summed E-state index contributed by atoms with van der Waals surface area (Å²) in [5.74, 6) is 4.27. The molecule has 1 amide bonds. The molecule has 1 fully saturated rings. The number of nitrogens with zero attached hydrogens (tertiary/aromatic N) is 2. The SMILES string of the molecule is C#Cc1ccc(C(=O)N(Cc2ccc(-c3ccc(OC)cc3)cc2)C2CCN(CCC(C)C)CC2)cc1. The molecule has 0 aromatic heterocycles. The van der Waals surface area contributed by atoms with Crippen molar-refractivity contribution >= 4 is 5.91 Å². The molecule has 4 heteroatoms. The molecule has 4 nitrogen and oxygen atoms in total. The van der Waals surface area contributed by atoms with E-state index in [-0.39, 0.29) is 11.9 Å². The van der Waals surface area contributed by atoms with Gasteiger partial charge in [0.25, 0.3) is 5.91 Å². The van der Waals surface area contributed by atoms with Crippen LogP contribution in [0.15, 0.2) is 72.8 Å². The number of amides is 1. The van der Waals surface area contributed by atoms with Gasteiger partial charge in [0.15, 0.2) is 0 Å². The number of terminal acetylenes is 1. The molecule has 3 aromatic carbocycles. The summed E-state index contributed by atoms with van der Waals surface area (Å²) in [6.07, 6.45) is 8.73. The highest BCUT2D eigenvalue weighted by Crippen LogP contribution is 2.26. The van der Waals surface area contributed by atoms with Gasteiger partial charge in [-0.05, 0) is 84.8 Å². The van der Waals surface area contributed by atoms with E-state index >= 15 is 0 Å². The van der Waals surface area contributed by atoms with Crippen molar-refractivity contribution in [3.05, 3.63) is 89.5 Å². The molecule has 1 aliphatic rings. The molecule has 0 unspecified atom stereocenters. The Bertz CT molecular complexity index is 1180. The number of rotatable bonds is 9. The number of benzene rings is 3. The fraction of sp³-hybridized carbons (Fsp3) is 0.364. The Morgan fingerprint density at radius 1 is 0.973 bits per heavy atom. The van der Waals surface area contributed by atoms with Crippen LogP contribution in [-0.4, -0.2) is 48.5 Å². The molecule has 0 aliphatic carbocycles. The van der Waals surface area contributed by atoms with E-state index in [0.717, 1.165) is 60.5 Å². The summed E-state index contributed by atoms with van der Waals surface area (Å²) in [6, 6.07) is 24.3. The van der Waals surface area contributed by atoms with E-state index in [1.165, 1.54) is 6.42 Å². The molecule has 0 saturated carbocycles. The second-order valence-electron chi connectivity index (χ2n) is 10.3. The van der Waals surface area contributed by atoms with Gasteiger partial charge in [0.2, 0.25) is 0 Å². The van der Waals surface area contributed by atoms with Crippen LogP contribution in [0.2, 0.25) is 0 Å². The van der Waals surface area contributed by atoms with Crippen LogP contribution in [-0.2, 0) is 6.54 Å². The van der Waals surface area contributed by atoms with Crippen molar-refractivity contribution in [2.45, 2.75) is 45.7 Å². The fourth-order valence-electron chi connectivity index (χ4n) is 4.92. The third kappa shape index (κ3) is 7.02. The van der Waals surface area contributed by atoms with E-state index in [1.807, 2.05) is 36.4 Å². The van der Waals surface area contributed by atoms with Gasteiger partial charge in [-0.2, -0.15) is 0 Å². The van der Waals surface area contributed by atoms with Crippen LogP contribution in [0.4, 0.5) is 0 Å². The third-order valence-electron chi connectivity index (χ3n) is 7.31. The minimum atomic E-state index is 0.0726. The Hall–Kier alpha value is -3.55. The molecule has 1 heterocycles. The van der Waals surface area contributed by atoms with Crippen molar-refractivity contribution in [3.63, 3.8) is 0 Å². The molecule has 0 N–H and O–H groups in total. The highest BCUT2D eigenvalue weighted by Gasteiger charge is 2.28. The second kappa shape index (κ2) is 12.6. The van der Waals surface area contributed by atoms with E-state index in [2.05, 4.69) is 66.0 Å². The third-order valence-corrected chi connectivity index (χ3v) is 7.31. The standard InChI is InChI=1S/C33H38N2O2/c1-5-26-6-12-30(13-7-26)33(36)35(31-19-22-34(23-20-31)21-18-25(2)3)24-27-8-10-28(11-9-27)29-14-16-32(37-4)17-15-29/h1,6-17,25,31H,18-24H2,2-4H3. The first-order valence-electron chi connectivity index (χ1n) is 13.3. The molecular weight excluding hydrogens is 456 g/mol. The average molecular weight is 495 g/mol. The lowest BCUT2D eigenvalue weighted by Crippen LogP contribution is -2.47. The van der Waals surface area contributed by atoms with Crippen LogP contribution >= 0.6 is 0 Å². The maximum Gasteiger partial charge on any atom is 0.254 e. The largest absolute Gasteiger partial charge is 0.497 e. The Morgan fingerprint density at radius 2 is 1.57 bits per heavy atom. The summed E-state index contributed by atoms with van der Waals surface area (Å²) >= 11 is 0. The maximum absolute atomic E-state index is 13.7. The van der Waals surface area contributed by atoms with Crippen molar-refractivity contribution < 1.29 is 9.53 Å². The van der Waals surface area contributed by atoms with E-state index in [9.17, 15) is 4.79 Å². The zero-order valence-electron chi connectivity index (χ0n) is 22.3. The topological polar surface area (TPSA) is 32.8 Å². The number of piperidine rings is 1. The molecule has 0 bridgehead atoms. The summed E-state index contributed by atoms with van der Waals surface area (Å²) in [4.78, 5) is 18.4. The molecule has 4 rings (SSSR count). The number of methoxy groups -OCH3 is 1. The van der Waals surface area contributed by atoms with Crippen molar-refractivity contribution in [2.24, 2.45) is 5.92 Å². The summed E-state index contributed by atoms with van der Waals surface area (Å²) < 4.78 is 5.28. The van der Waals surface area contributed by atoms with E-state index < -0.39 is 0 Å². The second-order valence-corrected chi connectivity index (χ2v) is 10.3. The quantitative estimate of drug-likeness (QED) is 0.319. The molecule has 37 heavy (non-hydrogen) atoms. The number of likely N-dealkylation sites (tertiary alicyclic amines) is 1. The number of carbonyl (C=O) groups excluding carboxylic acids is 1. The van der Waals surface area contributed by atoms with Crippen molar-refractivity contribution in [1.29, 1.82) is 0 Å². The van der Waals surface area contributed by atoms with Gasteiger partial charge in [-0.25, -0.2) is 0 Å². The average Bonchev–Trinajstić information content (AvgIpc) is 2.95. The zero-order chi connectivity index (χ0) is 26.2. The van der Waals surface area contributed by atoms with E-state index in [4.69, 9.17) is 11.2 Å². The number of hydrogen-bond acceptors (Lipinski definition) is 3. The molecular formula is C33H38N2O2. The summed E-state index contributed by atoms with van der Waals surface area (Å²) in [7, 11) is 1.68. The predicted molar refractivity (Wildman–Crippen MR) is 152 cm³/mol.